The summed E-state index contributed by atoms with van der Waals surface area (Å²) in [5.41, 5.74) is 3.17. The minimum atomic E-state index is -1.11. The van der Waals surface area contributed by atoms with Gasteiger partial charge in [0.05, 0.1) is 43.5 Å². The molecule has 1 aromatic carbocycles. The van der Waals surface area contributed by atoms with E-state index in [1.165, 1.54) is 13.2 Å². The number of aromatic nitrogens is 2. The number of carbonyl (C=O) groups is 2. The molecule has 1 aliphatic carbocycles. The Balaban J connectivity index is 1.48. The first-order valence-electron chi connectivity index (χ1n) is 12.2. The monoisotopic (exact) mass is 512 g/mol. The lowest BCUT2D eigenvalue weighted by molar-refractivity contribution is 0.0392. The van der Waals surface area contributed by atoms with E-state index in [-0.39, 0.29) is 25.3 Å². The second kappa shape index (κ2) is 9.89. The van der Waals surface area contributed by atoms with Gasteiger partial charge in [-0.05, 0) is 44.2 Å². The number of carbonyl (C=O) groups excluding carboxylic acids is 1. The number of aliphatic hydroxyl groups is 1. The van der Waals surface area contributed by atoms with E-state index in [0.717, 1.165) is 17.7 Å². The molecular weight excluding hydrogens is 483 g/mol. The Kier molecular flexibility index (Phi) is 6.63. The van der Waals surface area contributed by atoms with Crippen LogP contribution in [0.4, 0.5) is 9.18 Å². The molecule has 11 heteroatoms. The van der Waals surface area contributed by atoms with E-state index in [9.17, 15) is 19.1 Å². The third-order valence-corrected chi connectivity index (χ3v) is 6.99. The topological polar surface area (TPSA) is 137 Å². The number of β-amino-alcohol motifs (C(OH)–C–C–N with tert-alkyl or cyclic N) is 1. The highest BCUT2D eigenvalue weighted by Crippen LogP contribution is 2.40. The number of rotatable bonds is 7. The first kappa shape index (κ1) is 24.8. The lowest BCUT2D eigenvalue weighted by Gasteiger charge is -2.34. The van der Waals surface area contributed by atoms with Crippen LogP contribution in [0.3, 0.4) is 0 Å². The summed E-state index contributed by atoms with van der Waals surface area (Å²) in [4.78, 5) is 33.3. The molecule has 1 saturated heterocycles. The van der Waals surface area contributed by atoms with Gasteiger partial charge in [0.15, 0.2) is 11.6 Å². The zero-order valence-corrected chi connectivity index (χ0v) is 20.6. The number of piperidine rings is 1. The third kappa shape index (κ3) is 4.91. The number of halogens is 1. The molecule has 2 fully saturated rings. The molecule has 2 amide bonds. The molecule has 3 aromatic rings. The van der Waals surface area contributed by atoms with Gasteiger partial charge >= 0.3 is 6.09 Å². The molecule has 1 saturated carbocycles. The lowest BCUT2D eigenvalue weighted by Crippen LogP contribution is -2.55. The van der Waals surface area contributed by atoms with E-state index in [2.05, 4.69) is 15.3 Å². The number of likely N-dealkylation sites (tertiary alicyclic amines) is 1. The number of amides is 2. The van der Waals surface area contributed by atoms with Gasteiger partial charge in [0.25, 0.3) is 5.91 Å². The van der Waals surface area contributed by atoms with Crippen LogP contribution in [-0.2, 0) is 0 Å². The molecule has 1 aliphatic heterocycles. The van der Waals surface area contributed by atoms with E-state index in [0.29, 0.717) is 51.7 Å². The van der Waals surface area contributed by atoms with Crippen LogP contribution in [0, 0.1) is 18.7 Å². The van der Waals surface area contributed by atoms with E-state index >= 15 is 0 Å². The van der Waals surface area contributed by atoms with Gasteiger partial charge in [-0.2, -0.15) is 0 Å². The number of H-pyrrole nitrogens is 1. The number of aryl methyl sites for hydroxylation is 1. The molecule has 2 aliphatic rings. The number of aliphatic hydroxyl groups excluding tert-OH is 1. The van der Waals surface area contributed by atoms with Crippen LogP contribution in [0.1, 0.15) is 35.3 Å². The highest BCUT2D eigenvalue weighted by atomic mass is 19.1. The first-order chi connectivity index (χ1) is 17.8. The summed E-state index contributed by atoms with van der Waals surface area (Å²) in [6.45, 7) is 2.38. The molecule has 0 spiro atoms. The maximum Gasteiger partial charge on any atom is 0.407 e. The molecule has 4 N–H and O–H groups in total. The number of aromatic amines is 1. The van der Waals surface area contributed by atoms with Crippen molar-refractivity contribution in [2.24, 2.45) is 5.92 Å². The SMILES string of the molecule is COc1cc(-c2ccnc3c(C(=O)N[C@@H]4CCN(C(=O)O)C[C@H]4O)c(C)[nH]c23)c(OCC2CC2)cc1F. The zero-order valence-electron chi connectivity index (χ0n) is 20.6. The number of nitrogens with one attached hydrogen (secondary N) is 2. The molecule has 2 atom stereocenters. The molecule has 2 aromatic heterocycles. The van der Waals surface area contributed by atoms with Crippen molar-refractivity contribution in [3.8, 4) is 22.6 Å². The Morgan fingerprint density at radius 3 is 2.70 bits per heavy atom. The van der Waals surface area contributed by atoms with Crippen molar-refractivity contribution in [2.45, 2.75) is 38.3 Å². The molecule has 196 valence electrons. The predicted molar refractivity (Wildman–Crippen MR) is 132 cm³/mol. The molecule has 3 heterocycles. The molecular formula is C26H29FN4O6. The van der Waals surface area contributed by atoms with Crippen LogP contribution in [0.15, 0.2) is 24.4 Å². The van der Waals surface area contributed by atoms with Gasteiger partial charge in [-0.1, -0.05) is 0 Å². The Hall–Kier alpha value is -3.86. The number of fused-ring (bicyclic) bond motifs is 1. The summed E-state index contributed by atoms with van der Waals surface area (Å²) in [7, 11) is 1.39. The fourth-order valence-electron chi connectivity index (χ4n) is 4.74. The number of hydrogen-bond acceptors (Lipinski definition) is 6. The Bertz CT molecular complexity index is 1350. The highest BCUT2D eigenvalue weighted by Gasteiger charge is 2.32. The van der Waals surface area contributed by atoms with Crippen LogP contribution in [0.25, 0.3) is 22.2 Å². The van der Waals surface area contributed by atoms with Gasteiger partial charge in [0.1, 0.15) is 11.3 Å². The summed E-state index contributed by atoms with van der Waals surface area (Å²) in [6.07, 6.45) is 1.91. The summed E-state index contributed by atoms with van der Waals surface area (Å²) in [5.74, 6) is -0.0390. The number of nitrogens with zero attached hydrogens (tertiary/aromatic N) is 2. The standard InChI is InChI=1S/C26H29FN4O6/c1-13-22(25(33)30-18-6-8-31(26(34)35)11-19(18)32)24-23(29-13)15(5-7-28-24)16-9-21(36-2)17(27)10-20(16)37-12-14-3-4-14/h5,7,9-10,14,18-19,29,32H,3-4,6,8,11-12H2,1-2H3,(H,30,33)(H,34,35)/t18-,19-/m1/s1. The summed E-state index contributed by atoms with van der Waals surface area (Å²) >= 11 is 0. The Morgan fingerprint density at radius 2 is 2.03 bits per heavy atom. The summed E-state index contributed by atoms with van der Waals surface area (Å²) < 4.78 is 25.8. The smallest absolute Gasteiger partial charge is 0.407 e. The quantitative estimate of drug-likeness (QED) is 0.381. The van der Waals surface area contributed by atoms with Gasteiger partial charge in [-0.25, -0.2) is 9.18 Å². The molecule has 0 bridgehead atoms. The number of benzene rings is 1. The van der Waals surface area contributed by atoms with Crippen molar-refractivity contribution in [1.29, 1.82) is 0 Å². The highest BCUT2D eigenvalue weighted by molar-refractivity contribution is 6.10. The van der Waals surface area contributed by atoms with Crippen molar-refractivity contribution in [3.63, 3.8) is 0 Å². The second-order valence-electron chi connectivity index (χ2n) is 9.61. The van der Waals surface area contributed by atoms with E-state index in [1.54, 1.807) is 25.3 Å². The Labute approximate surface area is 212 Å². The van der Waals surface area contributed by atoms with Gasteiger partial charge in [0, 0.05) is 35.6 Å². The fourth-order valence-corrected chi connectivity index (χ4v) is 4.74. The van der Waals surface area contributed by atoms with Gasteiger partial charge in [-0.3, -0.25) is 9.78 Å². The van der Waals surface area contributed by atoms with E-state index in [4.69, 9.17) is 14.6 Å². The van der Waals surface area contributed by atoms with Crippen molar-refractivity contribution >= 4 is 23.0 Å². The maximum absolute atomic E-state index is 14.6. The molecule has 5 rings (SSSR count). The van der Waals surface area contributed by atoms with Crippen molar-refractivity contribution in [3.05, 3.63) is 41.5 Å². The molecule has 37 heavy (non-hydrogen) atoms. The minimum absolute atomic E-state index is 0.0710. The van der Waals surface area contributed by atoms with Crippen molar-refractivity contribution in [1.82, 2.24) is 20.2 Å². The van der Waals surface area contributed by atoms with Crippen LogP contribution >= 0.6 is 0 Å². The van der Waals surface area contributed by atoms with E-state index < -0.39 is 30.0 Å². The number of hydrogen-bond donors (Lipinski definition) is 4. The van der Waals surface area contributed by atoms with Crippen molar-refractivity contribution in [2.75, 3.05) is 26.8 Å². The first-order valence-corrected chi connectivity index (χ1v) is 12.2. The fraction of sp³-hybridized carbons (Fsp3) is 0.423. The van der Waals surface area contributed by atoms with Crippen molar-refractivity contribution < 1.29 is 33.7 Å². The summed E-state index contributed by atoms with van der Waals surface area (Å²) in [6, 6.07) is 4.06. The molecule has 10 nitrogen and oxygen atoms in total. The number of ether oxygens (including phenoxy) is 2. The molecule has 0 unspecified atom stereocenters. The third-order valence-electron chi connectivity index (χ3n) is 6.99. The van der Waals surface area contributed by atoms with Crippen LogP contribution < -0.4 is 14.8 Å². The zero-order chi connectivity index (χ0) is 26.3. The largest absolute Gasteiger partial charge is 0.494 e. The van der Waals surface area contributed by atoms with Crippen LogP contribution in [-0.4, -0.2) is 76.0 Å². The van der Waals surface area contributed by atoms with E-state index in [1.807, 2.05) is 0 Å². The second-order valence-corrected chi connectivity index (χ2v) is 9.61. The van der Waals surface area contributed by atoms with Gasteiger partial charge < -0.3 is 34.9 Å². The maximum atomic E-state index is 14.6. The number of pyridine rings is 1. The molecule has 0 radical (unpaired) electrons. The van der Waals surface area contributed by atoms with Crippen LogP contribution in [0.2, 0.25) is 0 Å². The Morgan fingerprint density at radius 1 is 1.24 bits per heavy atom. The number of carboxylic acid groups (broad SMARTS) is 1. The average Bonchev–Trinajstić information content (AvgIpc) is 3.63. The predicted octanol–water partition coefficient (Wildman–Crippen LogP) is 3.32. The van der Waals surface area contributed by atoms with Gasteiger partial charge in [0.2, 0.25) is 0 Å². The number of methoxy groups -OCH3 is 1. The normalized spacial score (nSPS) is 19.6. The van der Waals surface area contributed by atoms with Crippen LogP contribution in [0.5, 0.6) is 11.5 Å². The average molecular weight is 513 g/mol. The summed E-state index contributed by atoms with van der Waals surface area (Å²) in [5, 5.41) is 22.4. The van der Waals surface area contributed by atoms with Gasteiger partial charge in [-0.15, -0.1) is 0 Å². The lowest BCUT2D eigenvalue weighted by atomic mass is 10.0. The minimum Gasteiger partial charge on any atom is -0.494 e.